The summed E-state index contributed by atoms with van der Waals surface area (Å²) >= 11 is 0. The molecular weight excluding hydrogens is 601 g/mol. The first-order valence-corrected chi connectivity index (χ1v) is 16.6. The Bertz CT molecular complexity index is 3040. The molecule has 0 atom stereocenters. The van der Waals surface area contributed by atoms with E-state index >= 15 is 0 Å². The van der Waals surface area contributed by atoms with Gasteiger partial charge in [-0.25, -0.2) is 0 Å². The molecule has 0 bridgehead atoms. The highest BCUT2D eigenvalue weighted by Crippen LogP contribution is 2.48. The van der Waals surface area contributed by atoms with Crippen LogP contribution >= 0.6 is 0 Å². The van der Waals surface area contributed by atoms with Crippen LogP contribution in [0.4, 0.5) is 0 Å². The third-order valence-corrected chi connectivity index (χ3v) is 10.1. The zero-order chi connectivity index (χ0) is 32.1. The van der Waals surface area contributed by atoms with Gasteiger partial charge in [-0.3, -0.25) is 0 Å². The molecule has 0 amide bonds. The van der Waals surface area contributed by atoms with E-state index in [9.17, 15) is 0 Å². The standard InChI is InChI=1S/C46H26O3/c1-2-11-27(12-3-1)42-26-37-40(48-42)24-22-35-45-34(18-10-20-41(45)49-46(35)37)44-32-16-6-4-14-30(32)43(31-15-5-7-17-33(31)44)28-21-23-39-36(25-28)29-13-8-9-19-38(29)47-39/h1-26H. The molecule has 228 valence electrons. The van der Waals surface area contributed by atoms with Crippen molar-refractivity contribution in [3.8, 4) is 33.6 Å². The van der Waals surface area contributed by atoms with Crippen LogP contribution in [0.25, 0.3) is 110 Å². The topological polar surface area (TPSA) is 39.4 Å². The second kappa shape index (κ2) is 9.96. The van der Waals surface area contributed by atoms with Gasteiger partial charge in [0.1, 0.15) is 33.7 Å². The van der Waals surface area contributed by atoms with Gasteiger partial charge in [0.05, 0.1) is 5.39 Å². The molecule has 0 unspecified atom stereocenters. The van der Waals surface area contributed by atoms with Gasteiger partial charge in [-0.1, -0.05) is 115 Å². The fourth-order valence-corrected chi connectivity index (χ4v) is 7.96. The molecular formula is C46H26O3. The maximum Gasteiger partial charge on any atom is 0.146 e. The Hall–Kier alpha value is -6.58. The number of rotatable bonds is 3. The second-order valence-corrected chi connectivity index (χ2v) is 12.8. The van der Waals surface area contributed by atoms with Crippen LogP contribution in [0.1, 0.15) is 0 Å². The molecule has 0 fully saturated rings. The van der Waals surface area contributed by atoms with Crippen LogP contribution in [0, 0.1) is 0 Å². The lowest BCUT2D eigenvalue weighted by molar-refractivity contribution is 0.631. The van der Waals surface area contributed by atoms with Gasteiger partial charge in [0.25, 0.3) is 0 Å². The normalized spacial score (nSPS) is 12.1. The summed E-state index contributed by atoms with van der Waals surface area (Å²) in [5, 5.41) is 10.2. The first-order chi connectivity index (χ1) is 24.3. The first kappa shape index (κ1) is 26.5. The minimum atomic E-state index is 0.814. The van der Waals surface area contributed by atoms with E-state index in [0.29, 0.717) is 0 Å². The van der Waals surface area contributed by atoms with Crippen LogP contribution in [0.5, 0.6) is 0 Å². The van der Waals surface area contributed by atoms with E-state index in [-0.39, 0.29) is 0 Å². The largest absolute Gasteiger partial charge is 0.456 e. The Morgan fingerprint density at radius 3 is 1.69 bits per heavy atom. The minimum Gasteiger partial charge on any atom is -0.456 e. The van der Waals surface area contributed by atoms with Crippen molar-refractivity contribution in [1.82, 2.24) is 0 Å². The molecule has 3 heteroatoms. The summed E-state index contributed by atoms with van der Waals surface area (Å²) < 4.78 is 19.2. The van der Waals surface area contributed by atoms with Gasteiger partial charge in [-0.05, 0) is 86.3 Å². The Morgan fingerprint density at radius 2 is 0.918 bits per heavy atom. The lowest BCUT2D eigenvalue weighted by Gasteiger charge is -2.18. The number of hydrogen-bond acceptors (Lipinski definition) is 3. The first-order valence-electron chi connectivity index (χ1n) is 16.6. The van der Waals surface area contributed by atoms with Crippen molar-refractivity contribution >= 4 is 76.4 Å². The predicted octanol–water partition coefficient (Wildman–Crippen LogP) is 13.5. The Labute approximate surface area is 280 Å². The van der Waals surface area contributed by atoms with Gasteiger partial charge >= 0.3 is 0 Å². The molecule has 0 aliphatic rings. The fourth-order valence-electron chi connectivity index (χ4n) is 7.96. The van der Waals surface area contributed by atoms with Crippen molar-refractivity contribution in [2.75, 3.05) is 0 Å². The van der Waals surface area contributed by atoms with Crippen LogP contribution < -0.4 is 0 Å². The van der Waals surface area contributed by atoms with Crippen molar-refractivity contribution in [2.24, 2.45) is 0 Å². The Kier molecular flexibility index (Phi) is 5.38. The fraction of sp³-hybridized carbons (Fsp3) is 0. The molecule has 0 N–H and O–H groups in total. The van der Waals surface area contributed by atoms with Crippen molar-refractivity contribution in [3.05, 3.63) is 158 Å². The summed E-state index contributed by atoms with van der Waals surface area (Å²) in [6, 6.07) is 55.4. The van der Waals surface area contributed by atoms with E-state index in [1.54, 1.807) is 0 Å². The van der Waals surface area contributed by atoms with Gasteiger partial charge in [-0.2, -0.15) is 0 Å². The van der Waals surface area contributed by atoms with Crippen LogP contribution in [0.3, 0.4) is 0 Å². The minimum absolute atomic E-state index is 0.814. The van der Waals surface area contributed by atoms with E-state index in [1.165, 1.54) is 38.2 Å². The van der Waals surface area contributed by atoms with Gasteiger partial charge in [0, 0.05) is 27.1 Å². The molecule has 0 aliphatic carbocycles. The Balaban J connectivity index is 1.21. The number of benzene rings is 8. The summed E-state index contributed by atoms with van der Waals surface area (Å²) in [5.41, 5.74) is 10.1. The lowest BCUT2D eigenvalue weighted by Crippen LogP contribution is -1.91. The number of hydrogen-bond donors (Lipinski definition) is 0. The summed E-state index contributed by atoms with van der Waals surface area (Å²) in [6.45, 7) is 0. The summed E-state index contributed by atoms with van der Waals surface area (Å²) in [5.74, 6) is 0.831. The second-order valence-electron chi connectivity index (χ2n) is 12.8. The third kappa shape index (κ3) is 3.78. The van der Waals surface area contributed by atoms with Gasteiger partial charge < -0.3 is 13.3 Å². The van der Waals surface area contributed by atoms with Crippen LogP contribution in [0.2, 0.25) is 0 Å². The third-order valence-electron chi connectivity index (χ3n) is 10.1. The molecule has 0 saturated heterocycles. The summed E-state index contributed by atoms with van der Waals surface area (Å²) in [6.07, 6.45) is 0. The molecule has 8 aromatic carbocycles. The van der Waals surface area contributed by atoms with Crippen molar-refractivity contribution in [2.45, 2.75) is 0 Å². The van der Waals surface area contributed by atoms with E-state index in [2.05, 4.69) is 127 Å². The predicted molar refractivity (Wildman–Crippen MR) is 202 cm³/mol. The van der Waals surface area contributed by atoms with E-state index in [1.807, 2.05) is 30.3 Å². The van der Waals surface area contributed by atoms with Crippen LogP contribution in [0.15, 0.2) is 171 Å². The summed E-state index contributed by atoms with van der Waals surface area (Å²) in [7, 11) is 0. The van der Waals surface area contributed by atoms with Crippen molar-refractivity contribution in [3.63, 3.8) is 0 Å². The number of fused-ring (bicyclic) bond motifs is 10. The zero-order valence-corrected chi connectivity index (χ0v) is 26.2. The van der Waals surface area contributed by atoms with E-state index < -0.39 is 0 Å². The average molecular weight is 627 g/mol. The zero-order valence-electron chi connectivity index (χ0n) is 26.2. The number of para-hydroxylation sites is 1. The van der Waals surface area contributed by atoms with E-state index in [4.69, 9.17) is 13.3 Å². The molecule has 0 spiro atoms. The SMILES string of the molecule is c1ccc(-c2cc3c(ccc4c3oc3cccc(-c5c6ccccc6c(-c6ccc7oc8ccccc8c7c6)c6ccccc56)c34)o2)cc1. The van der Waals surface area contributed by atoms with E-state index in [0.717, 1.165) is 71.7 Å². The molecule has 0 radical (unpaired) electrons. The lowest BCUT2D eigenvalue weighted by atomic mass is 9.84. The quantitative estimate of drug-likeness (QED) is 0.183. The molecule has 11 aromatic rings. The average Bonchev–Trinajstić information content (AvgIpc) is 3.87. The highest BCUT2D eigenvalue weighted by atomic mass is 16.3. The Morgan fingerprint density at radius 1 is 0.306 bits per heavy atom. The smallest absolute Gasteiger partial charge is 0.146 e. The highest BCUT2D eigenvalue weighted by molar-refractivity contribution is 6.27. The molecule has 49 heavy (non-hydrogen) atoms. The van der Waals surface area contributed by atoms with Gasteiger partial charge in [-0.15, -0.1) is 0 Å². The number of furan rings is 3. The van der Waals surface area contributed by atoms with Gasteiger partial charge in [0.2, 0.25) is 0 Å². The van der Waals surface area contributed by atoms with Crippen LogP contribution in [-0.2, 0) is 0 Å². The molecule has 3 nitrogen and oxygen atoms in total. The monoisotopic (exact) mass is 626 g/mol. The van der Waals surface area contributed by atoms with Gasteiger partial charge in [0.15, 0.2) is 0 Å². The maximum absolute atomic E-state index is 6.69. The molecule has 0 saturated carbocycles. The summed E-state index contributed by atoms with van der Waals surface area (Å²) in [4.78, 5) is 0. The molecule has 3 aromatic heterocycles. The highest BCUT2D eigenvalue weighted by Gasteiger charge is 2.22. The van der Waals surface area contributed by atoms with Crippen molar-refractivity contribution in [1.29, 1.82) is 0 Å². The maximum atomic E-state index is 6.69. The molecule has 0 aliphatic heterocycles. The molecule has 11 rings (SSSR count). The van der Waals surface area contributed by atoms with Crippen LogP contribution in [-0.4, -0.2) is 0 Å². The van der Waals surface area contributed by atoms with Crippen molar-refractivity contribution < 1.29 is 13.3 Å². The molecule has 3 heterocycles.